The molecule has 0 aliphatic heterocycles. The lowest BCUT2D eigenvalue weighted by Gasteiger charge is -2.07. The Bertz CT molecular complexity index is 590. The van der Waals surface area contributed by atoms with E-state index in [1.54, 1.807) is 0 Å². The van der Waals surface area contributed by atoms with Gasteiger partial charge >= 0.3 is 0 Å². The van der Waals surface area contributed by atoms with Crippen molar-refractivity contribution in [1.29, 1.82) is 0 Å². The largest absolute Gasteiger partial charge is 0.326 e. The molecule has 1 fully saturated rings. The lowest BCUT2D eigenvalue weighted by molar-refractivity contribution is -0.116. The summed E-state index contributed by atoms with van der Waals surface area (Å²) in [6, 6.07) is 14.8. The molecule has 19 heavy (non-hydrogen) atoms. The second kappa shape index (κ2) is 5.41. The third kappa shape index (κ3) is 3.32. The monoisotopic (exact) mass is 254 g/mol. The van der Waals surface area contributed by atoms with Crippen LogP contribution < -0.4 is 10.6 Å². The van der Waals surface area contributed by atoms with E-state index in [-0.39, 0.29) is 5.91 Å². The number of amides is 1. The zero-order valence-electron chi connectivity index (χ0n) is 10.9. The summed E-state index contributed by atoms with van der Waals surface area (Å²) in [6.07, 6.45) is 3.04. The molecule has 0 unspecified atom stereocenters. The Morgan fingerprint density at radius 1 is 1.11 bits per heavy atom. The third-order valence-corrected chi connectivity index (χ3v) is 3.40. The van der Waals surface area contributed by atoms with E-state index in [2.05, 4.69) is 22.8 Å². The Morgan fingerprint density at radius 2 is 1.89 bits per heavy atom. The van der Waals surface area contributed by atoms with Crippen molar-refractivity contribution < 1.29 is 4.79 Å². The second-order valence-electron chi connectivity index (χ2n) is 5.09. The predicted molar refractivity (Wildman–Crippen MR) is 78.2 cm³/mol. The number of benzene rings is 2. The number of carbonyl (C=O) groups is 1. The molecule has 98 valence electrons. The minimum absolute atomic E-state index is 0.0726. The fourth-order valence-corrected chi connectivity index (χ4v) is 2.17. The first-order valence-electron chi connectivity index (χ1n) is 6.83. The predicted octanol–water partition coefficient (Wildman–Crippen LogP) is 2.92. The molecule has 1 aliphatic carbocycles. The maximum atomic E-state index is 11.8. The van der Waals surface area contributed by atoms with Crippen LogP contribution in [0.5, 0.6) is 0 Å². The van der Waals surface area contributed by atoms with E-state index < -0.39 is 0 Å². The van der Waals surface area contributed by atoms with Crippen LogP contribution in [0.25, 0.3) is 10.8 Å². The Kier molecular flexibility index (Phi) is 3.47. The smallest absolute Gasteiger partial charge is 0.225 e. The maximum absolute atomic E-state index is 11.8. The van der Waals surface area contributed by atoms with Crippen LogP contribution in [0.1, 0.15) is 19.3 Å². The van der Waals surface area contributed by atoms with Crippen LogP contribution in [0.4, 0.5) is 5.69 Å². The fourth-order valence-electron chi connectivity index (χ4n) is 2.17. The van der Waals surface area contributed by atoms with Crippen molar-refractivity contribution in [3.05, 3.63) is 42.5 Å². The van der Waals surface area contributed by atoms with Gasteiger partial charge < -0.3 is 10.6 Å². The van der Waals surface area contributed by atoms with Crippen molar-refractivity contribution in [1.82, 2.24) is 5.32 Å². The summed E-state index contributed by atoms with van der Waals surface area (Å²) in [5, 5.41) is 8.63. The summed E-state index contributed by atoms with van der Waals surface area (Å²) in [7, 11) is 0. The van der Waals surface area contributed by atoms with Gasteiger partial charge in [-0.15, -0.1) is 0 Å². The van der Waals surface area contributed by atoms with E-state index in [0.29, 0.717) is 12.5 Å². The fraction of sp³-hybridized carbons (Fsp3) is 0.312. The van der Waals surface area contributed by atoms with Gasteiger partial charge in [-0.1, -0.05) is 30.3 Å². The van der Waals surface area contributed by atoms with E-state index >= 15 is 0 Å². The van der Waals surface area contributed by atoms with Gasteiger partial charge in [0.25, 0.3) is 0 Å². The Morgan fingerprint density at radius 3 is 2.68 bits per heavy atom. The number of carbonyl (C=O) groups excluding carboxylic acids is 1. The Hall–Kier alpha value is -1.87. The minimum Gasteiger partial charge on any atom is -0.326 e. The molecule has 3 heteroatoms. The van der Waals surface area contributed by atoms with Gasteiger partial charge in [-0.25, -0.2) is 0 Å². The number of hydrogen-bond donors (Lipinski definition) is 2. The van der Waals surface area contributed by atoms with Gasteiger partial charge in [0.1, 0.15) is 0 Å². The highest BCUT2D eigenvalue weighted by atomic mass is 16.1. The van der Waals surface area contributed by atoms with Gasteiger partial charge in [-0.3, -0.25) is 4.79 Å². The van der Waals surface area contributed by atoms with Crippen molar-refractivity contribution in [2.75, 3.05) is 11.9 Å². The number of nitrogens with one attached hydrogen (secondary N) is 2. The summed E-state index contributed by atoms with van der Waals surface area (Å²) >= 11 is 0. The molecular weight excluding hydrogens is 236 g/mol. The molecule has 0 saturated heterocycles. The summed E-state index contributed by atoms with van der Waals surface area (Å²) in [6.45, 7) is 0.768. The highest BCUT2D eigenvalue weighted by Crippen LogP contribution is 2.19. The Labute approximate surface area is 113 Å². The molecule has 0 heterocycles. The first kappa shape index (κ1) is 12.2. The van der Waals surface area contributed by atoms with Crippen LogP contribution in [-0.2, 0) is 4.79 Å². The minimum atomic E-state index is 0.0726. The van der Waals surface area contributed by atoms with E-state index in [9.17, 15) is 4.79 Å². The highest BCUT2D eigenvalue weighted by Gasteiger charge is 2.20. The van der Waals surface area contributed by atoms with Crippen LogP contribution in [0, 0.1) is 0 Å². The van der Waals surface area contributed by atoms with Gasteiger partial charge in [-0.05, 0) is 35.7 Å². The molecule has 2 aromatic carbocycles. The molecule has 2 N–H and O–H groups in total. The average molecular weight is 254 g/mol. The van der Waals surface area contributed by atoms with Gasteiger partial charge in [-0.2, -0.15) is 0 Å². The molecule has 3 rings (SSSR count). The van der Waals surface area contributed by atoms with E-state index in [1.807, 2.05) is 30.3 Å². The molecular formula is C16H18N2O. The number of rotatable bonds is 5. The first-order chi connectivity index (χ1) is 9.31. The van der Waals surface area contributed by atoms with E-state index in [1.165, 1.54) is 18.2 Å². The average Bonchev–Trinajstić information content (AvgIpc) is 3.23. The third-order valence-electron chi connectivity index (χ3n) is 3.40. The van der Waals surface area contributed by atoms with Crippen molar-refractivity contribution in [3.8, 4) is 0 Å². The number of hydrogen-bond acceptors (Lipinski definition) is 2. The summed E-state index contributed by atoms with van der Waals surface area (Å²) < 4.78 is 0. The first-order valence-corrected chi connectivity index (χ1v) is 6.83. The number of anilines is 1. The van der Waals surface area contributed by atoms with Gasteiger partial charge in [0.15, 0.2) is 0 Å². The van der Waals surface area contributed by atoms with Crippen molar-refractivity contribution in [3.63, 3.8) is 0 Å². The van der Waals surface area contributed by atoms with Crippen molar-refractivity contribution >= 4 is 22.4 Å². The van der Waals surface area contributed by atoms with Crippen LogP contribution in [0.3, 0.4) is 0 Å². The van der Waals surface area contributed by atoms with Crippen molar-refractivity contribution in [2.45, 2.75) is 25.3 Å². The summed E-state index contributed by atoms with van der Waals surface area (Å²) in [4.78, 5) is 11.8. The topological polar surface area (TPSA) is 41.1 Å². The normalized spacial score (nSPS) is 14.5. The van der Waals surface area contributed by atoms with Crippen LogP contribution in [-0.4, -0.2) is 18.5 Å². The number of fused-ring (bicyclic) bond motifs is 1. The summed E-state index contributed by atoms with van der Waals surface area (Å²) in [5.41, 5.74) is 0.870. The highest BCUT2D eigenvalue weighted by molar-refractivity contribution is 5.94. The summed E-state index contributed by atoms with van der Waals surface area (Å²) in [5.74, 6) is 0.0726. The SMILES string of the molecule is O=C(CCNC1CC1)Nc1ccc2ccccc2c1. The lowest BCUT2D eigenvalue weighted by atomic mass is 10.1. The van der Waals surface area contributed by atoms with E-state index in [4.69, 9.17) is 0 Å². The molecule has 0 aromatic heterocycles. The zero-order valence-corrected chi connectivity index (χ0v) is 10.9. The standard InChI is InChI=1S/C16H18N2O/c19-16(9-10-17-14-7-8-14)18-15-6-5-12-3-1-2-4-13(12)11-15/h1-6,11,14,17H,7-10H2,(H,18,19). The maximum Gasteiger partial charge on any atom is 0.225 e. The quantitative estimate of drug-likeness (QED) is 0.861. The van der Waals surface area contributed by atoms with E-state index in [0.717, 1.165) is 17.6 Å². The Balaban J connectivity index is 1.58. The molecule has 2 aromatic rings. The molecule has 3 nitrogen and oxygen atoms in total. The molecule has 1 aliphatic rings. The van der Waals surface area contributed by atoms with Gasteiger partial charge in [0.2, 0.25) is 5.91 Å². The van der Waals surface area contributed by atoms with Crippen molar-refractivity contribution in [2.24, 2.45) is 0 Å². The van der Waals surface area contributed by atoms with Crippen LogP contribution in [0.2, 0.25) is 0 Å². The molecule has 1 saturated carbocycles. The molecule has 1 amide bonds. The van der Waals surface area contributed by atoms with Crippen LogP contribution >= 0.6 is 0 Å². The van der Waals surface area contributed by atoms with Gasteiger partial charge in [0.05, 0.1) is 0 Å². The molecule has 0 atom stereocenters. The zero-order chi connectivity index (χ0) is 13.1. The van der Waals surface area contributed by atoms with Crippen LogP contribution in [0.15, 0.2) is 42.5 Å². The molecule has 0 radical (unpaired) electrons. The molecule has 0 bridgehead atoms. The molecule has 0 spiro atoms. The lowest BCUT2D eigenvalue weighted by Crippen LogP contribution is -2.23. The second-order valence-corrected chi connectivity index (χ2v) is 5.09. The van der Waals surface area contributed by atoms with Gasteiger partial charge in [0, 0.05) is 24.7 Å².